The molecule has 0 fully saturated rings. The maximum Gasteiger partial charge on any atom is 0.404 e. The van der Waals surface area contributed by atoms with Crippen LogP contribution in [0.2, 0.25) is 0 Å². The number of benzene rings is 1. The molecule has 2 heterocycles. The van der Waals surface area contributed by atoms with Crippen molar-refractivity contribution in [3.8, 4) is 11.1 Å². The Morgan fingerprint density at radius 2 is 1.97 bits per heavy atom. The van der Waals surface area contributed by atoms with Crippen molar-refractivity contribution < 1.29 is 27.8 Å². The summed E-state index contributed by atoms with van der Waals surface area (Å²) in [6.45, 7) is -0.228. The van der Waals surface area contributed by atoms with E-state index >= 15 is 0 Å². The van der Waals surface area contributed by atoms with Gasteiger partial charge in [0.1, 0.15) is 4.21 Å². The number of nitrogens with zero attached hydrogens (tertiary/aromatic N) is 1. The fourth-order valence-corrected chi connectivity index (χ4v) is 5.91. The molecule has 3 rings (SSSR count). The van der Waals surface area contributed by atoms with Gasteiger partial charge in [0.15, 0.2) is 0 Å². The molecule has 0 aliphatic rings. The number of nitrogens with one attached hydrogen (secondary N) is 1. The second kappa shape index (κ2) is 8.68. The molecule has 0 saturated carbocycles. The highest BCUT2D eigenvalue weighted by molar-refractivity contribution is 7.93. The van der Waals surface area contributed by atoms with Crippen molar-refractivity contribution in [1.29, 1.82) is 0 Å². The number of hydrogen-bond donors (Lipinski definition) is 3. The summed E-state index contributed by atoms with van der Waals surface area (Å²) in [5.41, 5.74) is 0.640. The number of halogens is 1. The third-order valence-corrected chi connectivity index (χ3v) is 7.56. The Morgan fingerprint density at radius 1 is 1.17 bits per heavy atom. The van der Waals surface area contributed by atoms with Crippen LogP contribution in [0.3, 0.4) is 0 Å². The maximum atomic E-state index is 14.3. The van der Waals surface area contributed by atoms with E-state index in [4.69, 9.17) is 5.11 Å². The molecule has 0 spiro atoms. The number of carboxylic acid groups (broad SMARTS) is 1. The largest absolute Gasteiger partial charge is 0.465 e. The van der Waals surface area contributed by atoms with E-state index in [2.05, 4.69) is 10.3 Å². The van der Waals surface area contributed by atoms with E-state index in [0.717, 1.165) is 11.3 Å². The van der Waals surface area contributed by atoms with Gasteiger partial charge in [-0.05, 0) is 42.3 Å². The molecule has 3 aromatic rings. The number of amides is 1. The van der Waals surface area contributed by atoms with Crippen LogP contribution in [-0.2, 0) is 22.9 Å². The minimum absolute atomic E-state index is 0.0216. The lowest BCUT2D eigenvalue weighted by molar-refractivity contribution is 0.194. The predicted molar refractivity (Wildman–Crippen MR) is 105 cm³/mol. The molecular formula is C19H17FN2O5S2. The predicted octanol–water partition coefficient (Wildman–Crippen LogP) is 3.08. The molecule has 7 nitrogen and oxygen atoms in total. The number of pyridine rings is 1. The normalized spacial score (nSPS) is 11.4. The van der Waals surface area contributed by atoms with E-state index in [1.807, 2.05) is 0 Å². The molecule has 0 aliphatic carbocycles. The summed E-state index contributed by atoms with van der Waals surface area (Å²) < 4.78 is 40.8. The lowest BCUT2D eigenvalue weighted by atomic mass is 10.1. The van der Waals surface area contributed by atoms with Crippen molar-refractivity contribution in [3.63, 3.8) is 0 Å². The third-order valence-electron chi connectivity index (χ3n) is 4.08. The van der Waals surface area contributed by atoms with Crippen LogP contribution < -0.4 is 5.32 Å². The molecule has 1 aromatic carbocycles. The van der Waals surface area contributed by atoms with Crippen LogP contribution in [0.15, 0.2) is 57.8 Å². The zero-order valence-electron chi connectivity index (χ0n) is 15.0. The lowest BCUT2D eigenvalue weighted by Crippen LogP contribution is -2.22. The maximum absolute atomic E-state index is 14.3. The van der Waals surface area contributed by atoms with Gasteiger partial charge in [-0.15, -0.1) is 11.3 Å². The molecule has 3 N–H and O–H groups in total. The van der Waals surface area contributed by atoms with E-state index in [1.54, 1.807) is 6.07 Å². The average Bonchev–Trinajstić information content (AvgIpc) is 3.13. The van der Waals surface area contributed by atoms with Crippen LogP contribution in [-0.4, -0.2) is 36.3 Å². The highest BCUT2D eigenvalue weighted by Gasteiger charge is 2.27. The van der Waals surface area contributed by atoms with Gasteiger partial charge >= 0.3 is 6.09 Å². The first kappa shape index (κ1) is 20.9. The molecule has 0 aliphatic heterocycles. The standard InChI is InChI=1S/C19H17FN2O5S2/c20-17-15(5-2-7-21-17)16-10-13(6-8-22-19(24)25)28-18(16)29(26,27)14-4-1-3-12(9-14)11-23/h1-5,7,9-10,22-23H,6,8,11H2,(H,24,25). The van der Waals surface area contributed by atoms with Gasteiger partial charge in [-0.1, -0.05) is 12.1 Å². The smallest absolute Gasteiger partial charge is 0.404 e. The zero-order chi connectivity index (χ0) is 21.0. The summed E-state index contributed by atoms with van der Waals surface area (Å²) in [5.74, 6) is -0.805. The Kier molecular flexibility index (Phi) is 6.26. The molecule has 152 valence electrons. The zero-order valence-corrected chi connectivity index (χ0v) is 16.6. The second-order valence-electron chi connectivity index (χ2n) is 6.05. The molecule has 0 saturated heterocycles. The average molecular weight is 436 g/mol. The monoisotopic (exact) mass is 436 g/mol. The van der Waals surface area contributed by atoms with Crippen molar-refractivity contribution in [1.82, 2.24) is 10.3 Å². The number of aliphatic hydroxyl groups is 1. The number of aliphatic hydroxyl groups excluding tert-OH is 1. The number of thiophene rings is 1. The highest BCUT2D eigenvalue weighted by Crippen LogP contribution is 2.39. The van der Waals surface area contributed by atoms with Gasteiger partial charge in [0.05, 0.1) is 11.5 Å². The first-order chi connectivity index (χ1) is 13.8. The molecular weight excluding hydrogens is 419 g/mol. The summed E-state index contributed by atoms with van der Waals surface area (Å²) in [6.07, 6.45) is 0.327. The van der Waals surface area contributed by atoms with Crippen LogP contribution in [0.4, 0.5) is 9.18 Å². The van der Waals surface area contributed by atoms with Crippen molar-refractivity contribution >= 4 is 27.3 Å². The minimum atomic E-state index is -4.01. The van der Waals surface area contributed by atoms with E-state index in [1.165, 1.54) is 42.6 Å². The van der Waals surface area contributed by atoms with Crippen LogP contribution in [0.1, 0.15) is 10.4 Å². The molecule has 29 heavy (non-hydrogen) atoms. The van der Waals surface area contributed by atoms with Gasteiger partial charge in [-0.3, -0.25) is 0 Å². The molecule has 0 atom stereocenters. The van der Waals surface area contributed by atoms with Crippen molar-refractivity contribution in [3.05, 3.63) is 65.0 Å². The molecule has 1 amide bonds. The van der Waals surface area contributed by atoms with E-state index in [0.29, 0.717) is 10.4 Å². The topological polar surface area (TPSA) is 117 Å². The van der Waals surface area contributed by atoms with Gasteiger partial charge in [-0.2, -0.15) is 4.39 Å². The third kappa shape index (κ3) is 4.61. The van der Waals surface area contributed by atoms with Crippen LogP contribution >= 0.6 is 11.3 Å². The van der Waals surface area contributed by atoms with Crippen molar-refractivity contribution in [2.24, 2.45) is 0 Å². The molecule has 2 aromatic heterocycles. The number of hydrogen-bond acceptors (Lipinski definition) is 6. The Balaban J connectivity index is 2.11. The fourth-order valence-electron chi connectivity index (χ4n) is 2.73. The lowest BCUT2D eigenvalue weighted by Gasteiger charge is -2.07. The highest BCUT2D eigenvalue weighted by atomic mass is 32.2. The van der Waals surface area contributed by atoms with E-state index in [-0.39, 0.29) is 39.8 Å². The van der Waals surface area contributed by atoms with Gasteiger partial charge in [0.2, 0.25) is 15.8 Å². The second-order valence-corrected chi connectivity index (χ2v) is 9.33. The van der Waals surface area contributed by atoms with Gasteiger partial charge in [0, 0.05) is 28.7 Å². The van der Waals surface area contributed by atoms with Crippen LogP contribution in [0.25, 0.3) is 11.1 Å². The number of aromatic nitrogens is 1. The summed E-state index contributed by atoms with van der Waals surface area (Å²) >= 11 is 0.952. The van der Waals surface area contributed by atoms with Crippen LogP contribution in [0, 0.1) is 5.95 Å². The fraction of sp³-hybridized carbons (Fsp3) is 0.158. The number of rotatable bonds is 7. The minimum Gasteiger partial charge on any atom is -0.465 e. The number of carbonyl (C=O) groups is 1. The van der Waals surface area contributed by atoms with E-state index in [9.17, 15) is 22.7 Å². The number of sulfone groups is 1. The Morgan fingerprint density at radius 3 is 2.66 bits per heavy atom. The molecule has 10 heteroatoms. The summed E-state index contributed by atoms with van der Waals surface area (Å²) in [4.78, 5) is 14.8. The Bertz CT molecular complexity index is 1150. The first-order valence-corrected chi connectivity index (χ1v) is 10.8. The van der Waals surface area contributed by atoms with Crippen molar-refractivity contribution in [2.45, 2.75) is 22.1 Å². The Labute approximate surface area is 170 Å². The quantitative estimate of drug-likeness (QED) is 0.490. The van der Waals surface area contributed by atoms with E-state index < -0.39 is 21.9 Å². The molecule has 0 bridgehead atoms. The van der Waals surface area contributed by atoms with Gasteiger partial charge in [-0.25, -0.2) is 18.2 Å². The molecule has 0 radical (unpaired) electrons. The summed E-state index contributed by atoms with van der Waals surface area (Å²) in [5, 5.41) is 20.2. The van der Waals surface area contributed by atoms with Crippen molar-refractivity contribution in [2.75, 3.05) is 6.54 Å². The molecule has 0 unspecified atom stereocenters. The first-order valence-electron chi connectivity index (χ1n) is 8.48. The Hall–Kier alpha value is -2.82. The SMILES string of the molecule is O=C(O)NCCc1cc(-c2cccnc2F)c(S(=O)(=O)c2cccc(CO)c2)s1. The van der Waals surface area contributed by atoms with Gasteiger partial charge < -0.3 is 15.5 Å². The summed E-state index contributed by atoms with van der Waals surface area (Å²) in [7, 11) is -4.01. The van der Waals surface area contributed by atoms with Crippen LogP contribution in [0.5, 0.6) is 0 Å². The van der Waals surface area contributed by atoms with Gasteiger partial charge in [0.25, 0.3) is 0 Å². The summed E-state index contributed by atoms with van der Waals surface area (Å²) in [6, 6.07) is 10.4.